The number of rotatable bonds is 2. The molecule has 1 aromatic carbocycles. The summed E-state index contributed by atoms with van der Waals surface area (Å²) in [6.45, 7) is 2.25. The van der Waals surface area contributed by atoms with Gasteiger partial charge in [0.25, 0.3) is 5.91 Å². The predicted molar refractivity (Wildman–Crippen MR) is 84.0 cm³/mol. The van der Waals surface area contributed by atoms with Gasteiger partial charge in [-0.15, -0.1) is 0 Å². The summed E-state index contributed by atoms with van der Waals surface area (Å²) in [6.07, 6.45) is 2.58. The average molecular weight is 320 g/mol. The quantitative estimate of drug-likeness (QED) is 0.786. The molecule has 0 saturated carbocycles. The molecule has 0 unspecified atom stereocenters. The fourth-order valence-electron chi connectivity index (χ4n) is 3.84. The lowest BCUT2D eigenvalue weighted by Crippen LogP contribution is -2.43. The van der Waals surface area contributed by atoms with E-state index in [1.807, 2.05) is 24.3 Å². The zero-order valence-corrected chi connectivity index (χ0v) is 13.0. The number of fused-ring (bicyclic) bond motifs is 1. The summed E-state index contributed by atoms with van der Waals surface area (Å²) in [6, 6.07) is 7.40. The number of hydrogen-bond donors (Lipinski definition) is 0. The molecule has 3 saturated heterocycles. The van der Waals surface area contributed by atoms with Crippen molar-refractivity contribution in [3.8, 4) is 0 Å². The number of urea groups is 1. The van der Waals surface area contributed by atoms with Gasteiger partial charge in [-0.2, -0.15) is 0 Å². The Morgan fingerprint density at radius 2 is 2.00 bits per heavy atom. The van der Waals surface area contributed by atoms with Gasteiger partial charge in [-0.3, -0.25) is 9.69 Å². The van der Waals surface area contributed by atoms with Crippen LogP contribution in [0.25, 0.3) is 0 Å². The Kier molecular flexibility index (Phi) is 3.26. The second-order valence-electron chi connectivity index (χ2n) is 6.21. The lowest BCUT2D eigenvalue weighted by atomic mass is 10.2. The maximum atomic E-state index is 12.5. The Morgan fingerprint density at radius 3 is 2.77 bits per heavy atom. The van der Waals surface area contributed by atoms with Crippen molar-refractivity contribution in [2.45, 2.75) is 31.3 Å². The first-order valence-corrected chi connectivity index (χ1v) is 8.17. The van der Waals surface area contributed by atoms with Crippen LogP contribution in [0, 0.1) is 0 Å². The van der Waals surface area contributed by atoms with E-state index < -0.39 is 0 Å². The highest BCUT2D eigenvalue weighted by Crippen LogP contribution is 2.32. The van der Waals surface area contributed by atoms with Gasteiger partial charge in [-0.1, -0.05) is 17.7 Å². The number of benzene rings is 1. The minimum atomic E-state index is -0.201. The molecule has 0 spiro atoms. The molecular formula is C16H18ClN3O2. The number of nitrogens with zero attached hydrogens (tertiary/aromatic N) is 3. The fourth-order valence-corrected chi connectivity index (χ4v) is 4.03. The second-order valence-corrected chi connectivity index (χ2v) is 6.65. The SMILES string of the molecule is O=C1[C@H]2CCCN2C(=O)N1[C@H]1CCN(c2cccc(Cl)c2)C1. The van der Waals surface area contributed by atoms with Crippen molar-refractivity contribution in [1.82, 2.24) is 9.80 Å². The van der Waals surface area contributed by atoms with Crippen molar-refractivity contribution in [1.29, 1.82) is 0 Å². The lowest BCUT2D eigenvalue weighted by molar-refractivity contribution is -0.129. The van der Waals surface area contributed by atoms with Gasteiger partial charge in [0.2, 0.25) is 0 Å². The topological polar surface area (TPSA) is 43.9 Å². The van der Waals surface area contributed by atoms with E-state index in [4.69, 9.17) is 11.6 Å². The molecule has 116 valence electrons. The maximum Gasteiger partial charge on any atom is 0.327 e. The van der Waals surface area contributed by atoms with E-state index in [-0.39, 0.29) is 24.0 Å². The van der Waals surface area contributed by atoms with Crippen LogP contribution in [0.4, 0.5) is 10.5 Å². The van der Waals surface area contributed by atoms with Gasteiger partial charge in [0, 0.05) is 30.3 Å². The number of hydrogen-bond acceptors (Lipinski definition) is 3. The number of imide groups is 1. The third kappa shape index (κ3) is 2.07. The van der Waals surface area contributed by atoms with Gasteiger partial charge in [-0.25, -0.2) is 4.79 Å². The standard InChI is InChI=1S/C16H18ClN3O2/c17-11-3-1-4-12(9-11)18-8-6-13(10-18)20-15(21)14-5-2-7-19(14)16(20)22/h1,3-4,9,13-14H,2,5-8,10H2/t13-,14+/m0/s1. The van der Waals surface area contributed by atoms with Gasteiger partial charge in [0.05, 0.1) is 6.04 Å². The van der Waals surface area contributed by atoms with Crippen LogP contribution in [-0.4, -0.2) is 53.5 Å². The summed E-state index contributed by atoms with van der Waals surface area (Å²) >= 11 is 6.05. The van der Waals surface area contributed by atoms with Crippen LogP contribution in [0.1, 0.15) is 19.3 Å². The Hall–Kier alpha value is -1.75. The predicted octanol–water partition coefficient (Wildman–Crippen LogP) is 2.35. The first-order chi connectivity index (χ1) is 10.6. The van der Waals surface area contributed by atoms with Crippen LogP contribution in [0.15, 0.2) is 24.3 Å². The molecule has 22 heavy (non-hydrogen) atoms. The Bertz CT molecular complexity index is 614. The van der Waals surface area contributed by atoms with Gasteiger partial charge >= 0.3 is 6.03 Å². The zero-order valence-electron chi connectivity index (χ0n) is 12.2. The molecule has 3 aliphatic heterocycles. The Morgan fingerprint density at radius 1 is 1.14 bits per heavy atom. The number of halogens is 1. The highest BCUT2D eigenvalue weighted by molar-refractivity contribution is 6.30. The van der Waals surface area contributed by atoms with E-state index in [1.54, 1.807) is 4.90 Å². The van der Waals surface area contributed by atoms with Gasteiger partial charge in [-0.05, 0) is 37.5 Å². The smallest absolute Gasteiger partial charge is 0.327 e. The molecular weight excluding hydrogens is 302 g/mol. The van der Waals surface area contributed by atoms with E-state index in [1.165, 1.54) is 4.90 Å². The van der Waals surface area contributed by atoms with Crippen molar-refractivity contribution >= 4 is 29.2 Å². The van der Waals surface area contributed by atoms with Crippen molar-refractivity contribution in [2.75, 3.05) is 24.5 Å². The molecule has 0 N–H and O–H groups in total. The largest absolute Gasteiger partial charge is 0.369 e. The third-order valence-electron chi connectivity index (χ3n) is 4.93. The normalized spacial score (nSPS) is 28.0. The molecule has 3 aliphatic rings. The third-order valence-corrected chi connectivity index (χ3v) is 5.16. The first-order valence-electron chi connectivity index (χ1n) is 7.79. The number of amides is 3. The second kappa shape index (κ2) is 5.16. The molecule has 0 bridgehead atoms. The van der Waals surface area contributed by atoms with E-state index in [9.17, 15) is 9.59 Å². The zero-order chi connectivity index (χ0) is 15.3. The highest BCUT2D eigenvalue weighted by atomic mass is 35.5. The minimum Gasteiger partial charge on any atom is -0.369 e. The molecule has 3 heterocycles. The maximum absolute atomic E-state index is 12.5. The monoisotopic (exact) mass is 319 g/mol. The van der Waals surface area contributed by atoms with Crippen LogP contribution in [0.5, 0.6) is 0 Å². The lowest BCUT2D eigenvalue weighted by Gasteiger charge is -2.24. The molecule has 3 fully saturated rings. The minimum absolute atomic E-state index is 0.000411. The molecule has 0 aromatic heterocycles. The molecule has 4 rings (SSSR count). The van der Waals surface area contributed by atoms with Crippen LogP contribution in [0.3, 0.4) is 0 Å². The van der Waals surface area contributed by atoms with Crippen molar-refractivity contribution < 1.29 is 9.59 Å². The van der Waals surface area contributed by atoms with E-state index >= 15 is 0 Å². The van der Waals surface area contributed by atoms with Crippen LogP contribution >= 0.6 is 11.6 Å². The Labute approximate surface area is 134 Å². The van der Waals surface area contributed by atoms with Crippen molar-refractivity contribution in [3.63, 3.8) is 0 Å². The first kappa shape index (κ1) is 13.9. The number of carbonyl (C=O) groups is 2. The van der Waals surface area contributed by atoms with E-state index in [2.05, 4.69) is 4.90 Å². The van der Waals surface area contributed by atoms with Crippen LogP contribution < -0.4 is 4.90 Å². The molecule has 6 heteroatoms. The van der Waals surface area contributed by atoms with Crippen molar-refractivity contribution in [2.24, 2.45) is 0 Å². The van der Waals surface area contributed by atoms with Gasteiger partial charge in [0.1, 0.15) is 6.04 Å². The number of anilines is 1. The summed E-state index contributed by atoms with van der Waals surface area (Å²) in [5, 5.41) is 0.704. The molecule has 0 aliphatic carbocycles. The van der Waals surface area contributed by atoms with Gasteiger partial charge in [0.15, 0.2) is 0 Å². The molecule has 2 atom stereocenters. The summed E-state index contributed by atoms with van der Waals surface area (Å²) in [5.74, 6) is 0.000411. The highest BCUT2D eigenvalue weighted by Gasteiger charge is 2.50. The summed E-state index contributed by atoms with van der Waals surface area (Å²) < 4.78 is 0. The van der Waals surface area contributed by atoms with Crippen LogP contribution in [0.2, 0.25) is 5.02 Å². The van der Waals surface area contributed by atoms with E-state index in [0.29, 0.717) is 11.6 Å². The summed E-state index contributed by atoms with van der Waals surface area (Å²) in [7, 11) is 0. The molecule has 3 amide bonds. The Balaban J connectivity index is 1.51. The van der Waals surface area contributed by atoms with Crippen LogP contribution in [-0.2, 0) is 4.79 Å². The fraction of sp³-hybridized carbons (Fsp3) is 0.500. The van der Waals surface area contributed by atoms with E-state index in [0.717, 1.165) is 38.0 Å². The summed E-state index contributed by atoms with van der Waals surface area (Å²) in [4.78, 5) is 30.4. The molecule has 1 aromatic rings. The molecule has 5 nitrogen and oxygen atoms in total. The van der Waals surface area contributed by atoms with Crippen molar-refractivity contribution in [3.05, 3.63) is 29.3 Å². The van der Waals surface area contributed by atoms with Gasteiger partial charge < -0.3 is 9.80 Å². The average Bonchev–Trinajstić information content (AvgIpc) is 3.19. The summed E-state index contributed by atoms with van der Waals surface area (Å²) in [5.41, 5.74) is 1.05. The number of carbonyl (C=O) groups excluding carboxylic acids is 2. The molecule has 0 radical (unpaired) electrons.